The molecule has 0 spiro atoms. The summed E-state index contributed by atoms with van der Waals surface area (Å²) in [4.78, 5) is 18.9. The van der Waals surface area contributed by atoms with E-state index in [1.165, 1.54) is 11.6 Å². The smallest absolute Gasteiger partial charge is 0.269 e. The number of non-ortho nitro benzene ring substituents is 1. The van der Waals surface area contributed by atoms with Crippen LogP contribution < -0.4 is 5.32 Å². The summed E-state index contributed by atoms with van der Waals surface area (Å²) in [5.41, 5.74) is 3.27. The van der Waals surface area contributed by atoms with Gasteiger partial charge in [0.25, 0.3) is 5.69 Å². The number of hydrogen-bond acceptors (Lipinski definition) is 5. The van der Waals surface area contributed by atoms with E-state index in [0.717, 1.165) is 36.3 Å². The van der Waals surface area contributed by atoms with Crippen molar-refractivity contribution in [3.8, 4) is 0 Å². The van der Waals surface area contributed by atoms with Crippen LogP contribution in [0.1, 0.15) is 23.2 Å². The Morgan fingerprint density at radius 3 is 3.05 bits per heavy atom. The third kappa shape index (κ3) is 2.45. The van der Waals surface area contributed by atoms with Crippen LogP contribution in [0.4, 0.5) is 11.5 Å². The second kappa shape index (κ2) is 5.24. The van der Waals surface area contributed by atoms with Crippen molar-refractivity contribution in [2.24, 2.45) is 0 Å². The van der Waals surface area contributed by atoms with Gasteiger partial charge in [-0.1, -0.05) is 12.1 Å². The molecule has 0 unspecified atom stereocenters. The Morgan fingerprint density at radius 2 is 2.20 bits per heavy atom. The van der Waals surface area contributed by atoms with E-state index in [0.29, 0.717) is 6.54 Å². The molecule has 1 aromatic carbocycles. The first kappa shape index (κ1) is 12.5. The predicted octanol–water partition coefficient (Wildman–Crippen LogP) is 2.49. The Bertz CT molecular complexity index is 657. The average Bonchev–Trinajstić information content (AvgIpc) is 2.94. The van der Waals surface area contributed by atoms with Crippen LogP contribution in [0.3, 0.4) is 0 Å². The highest BCUT2D eigenvalue weighted by Gasteiger charge is 2.16. The fourth-order valence-corrected chi connectivity index (χ4v) is 2.48. The summed E-state index contributed by atoms with van der Waals surface area (Å²) < 4.78 is 0. The summed E-state index contributed by atoms with van der Waals surface area (Å²) in [6.07, 6.45) is 4.68. The van der Waals surface area contributed by atoms with Crippen LogP contribution in [0.25, 0.3) is 0 Å². The van der Waals surface area contributed by atoms with E-state index in [-0.39, 0.29) is 10.6 Å². The SMILES string of the molecule is O=[N+]([O-])c1cccc(CNc2ncnc3c2CCC3)c1. The van der Waals surface area contributed by atoms with Gasteiger partial charge in [0.1, 0.15) is 12.1 Å². The largest absolute Gasteiger partial charge is 0.366 e. The summed E-state index contributed by atoms with van der Waals surface area (Å²) in [5, 5.41) is 14.0. The number of aromatic nitrogens is 2. The van der Waals surface area contributed by atoms with Crippen LogP contribution in [0.2, 0.25) is 0 Å². The second-order valence-corrected chi connectivity index (χ2v) is 4.78. The molecule has 1 aliphatic rings. The molecule has 1 aliphatic carbocycles. The number of nitrogens with one attached hydrogen (secondary N) is 1. The number of anilines is 1. The van der Waals surface area contributed by atoms with Gasteiger partial charge in [-0.25, -0.2) is 9.97 Å². The molecule has 0 saturated carbocycles. The Kier molecular flexibility index (Phi) is 3.28. The van der Waals surface area contributed by atoms with Gasteiger partial charge in [-0.15, -0.1) is 0 Å². The maximum Gasteiger partial charge on any atom is 0.269 e. The van der Waals surface area contributed by atoms with Gasteiger partial charge in [0, 0.05) is 29.9 Å². The van der Waals surface area contributed by atoms with Crippen LogP contribution >= 0.6 is 0 Å². The highest BCUT2D eigenvalue weighted by Crippen LogP contribution is 2.25. The molecule has 0 bridgehead atoms. The first-order valence-electron chi connectivity index (χ1n) is 6.54. The molecule has 0 amide bonds. The highest BCUT2D eigenvalue weighted by molar-refractivity contribution is 5.48. The molecule has 6 nitrogen and oxygen atoms in total. The number of hydrogen-bond donors (Lipinski definition) is 1. The number of fused-ring (bicyclic) bond motifs is 1. The van der Waals surface area contributed by atoms with Gasteiger partial charge in [-0.05, 0) is 24.8 Å². The standard InChI is InChI=1S/C14H14N4O2/c19-18(20)11-4-1-3-10(7-11)8-15-14-12-5-2-6-13(12)16-9-17-14/h1,3-4,7,9H,2,5-6,8H2,(H,15,16,17). The Morgan fingerprint density at radius 1 is 1.30 bits per heavy atom. The van der Waals surface area contributed by atoms with Crippen LogP contribution in [0.15, 0.2) is 30.6 Å². The molecule has 1 N–H and O–H groups in total. The Balaban J connectivity index is 1.76. The van der Waals surface area contributed by atoms with E-state index < -0.39 is 0 Å². The fourth-order valence-electron chi connectivity index (χ4n) is 2.48. The Hall–Kier alpha value is -2.50. The van der Waals surface area contributed by atoms with E-state index in [4.69, 9.17) is 0 Å². The highest BCUT2D eigenvalue weighted by atomic mass is 16.6. The van der Waals surface area contributed by atoms with E-state index in [2.05, 4.69) is 15.3 Å². The topological polar surface area (TPSA) is 81.0 Å². The molecular weight excluding hydrogens is 256 g/mol. The number of rotatable bonds is 4. The molecule has 0 aliphatic heterocycles. The van der Waals surface area contributed by atoms with E-state index in [9.17, 15) is 10.1 Å². The van der Waals surface area contributed by atoms with Gasteiger partial charge in [-0.3, -0.25) is 10.1 Å². The zero-order valence-electron chi connectivity index (χ0n) is 10.9. The molecule has 0 atom stereocenters. The fraction of sp³-hybridized carbons (Fsp3) is 0.286. The van der Waals surface area contributed by atoms with E-state index in [1.807, 2.05) is 6.07 Å². The van der Waals surface area contributed by atoms with Crippen molar-refractivity contribution < 1.29 is 4.92 Å². The lowest BCUT2D eigenvalue weighted by molar-refractivity contribution is -0.384. The third-order valence-electron chi connectivity index (χ3n) is 3.46. The maximum atomic E-state index is 10.7. The van der Waals surface area contributed by atoms with Crippen molar-refractivity contribution in [3.63, 3.8) is 0 Å². The number of nitrogens with zero attached hydrogens (tertiary/aromatic N) is 3. The molecule has 1 heterocycles. The first-order chi connectivity index (χ1) is 9.74. The molecule has 6 heteroatoms. The average molecular weight is 270 g/mol. The lowest BCUT2D eigenvalue weighted by Crippen LogP contribution is -2.05. The lowest BCUT2D eigenvalue weighted by atomic mass is 10.2. The molecule has 3 rings (SSSR count). The molecule has 1 aromatic heterocycles. The summed E-state index contributed by atoms with van der Waals surface area (Å²) >= 11 is 0. The molecule has 0 saturated heterocycles. The van der Waals surface area contributed by atoms with Gasteiger partial charge in [0.05, 0.1) is 4.92 Å². The second-order valence-electron chi connectivity index (χ2n) is 4.78. The molecule has 102 valence electrons. The minimum absolute atomic E-state index is 0.109. The molecule has 0 radical (unpaired) electrons. The molecular formula is C14H14N4O2. The number of nitro benzene ring substituents is 1. The van der Waals surface area contributed by atoms with E-state index in [1.54, 1.807) is 18.5 Å². The monoisotopic (exact) mass is 270 g/mol. The van der Waals surface area contributed by atoms with Gasteiger partial charge < -0.3 is 5.32 Å². The zero-order chi connectivity index (χ0) is 13.9. The van der Waals surface area contributed by atoms with Gasteiger partial charge in [-0.2, -0.15) is 0 Å². The van der Waals surface area contributed by atoms with Gasteiger partial charge >= 0.3 is 0 Å². The van der Waals surface area contributed by atoms with Crippen LogP contribution in [0, 0.1) is 10.1 Å². The minimum atomic E-state index is -0.383. The van der Waals surface area contributed by atoms with Crippen molar-refractivity contribution in [1.82, 2.24) is 9.97 Å². The van der Waals surface area contributed by atoms with Crippen molar-refractivity contribution in [2.75, 3.05) is 5.32 Å². The molecule has 2 aromatic rings. The van der Waals surface area contributed by atoms with Crippen LogP contribution in [-0.2, 0) is 19.4 Å². The first-order valence-corrected chi connectivity index (χ1v) is 6.54. The third-order valence-corrected chi connectivity index (χ3v) is 3.46. The number of aryl methyl sites for hydroxylation is 1. The summed E-state index contributed by atoms with van der Waals surface area (Å²) in [5.74, 6) is 0.846. The van der Waals surface area contributed by atoms with Crippen molar-refractivity contribution in [1.29, 1.82) is 0 Å². The lowest BCUT2D eigenvalue weighted by Gasteiger charge is -2.09. The Labute approximate surface area is 116 Å². The van der Waals surface area contributed by atoms with Crippen molar-refractivity contribution in [3.05, 3.63) is 57.5 Å². The van der Waals surface area contributed by atoms with Crippen LogP contribution in [0.5, 0.6) is 0 Å². The van der Waals surface area contributed by atoms with Crippen molar-refractivity contribution in [2.45, 2.75) is 25.8 Å². The van der Waals surface area contributed by atoms with Gasteiger partial charge in [0.15, 0.2) is 0 Å². The van der Waals surface area contributed by atoms with E-state index >= 15 is 0 Å². The minimum Gasteiger partial charge on any atom is -0.366 e. The normalized spacial score (nSPS) is 13.0. The van der Waals surface area contributed by atoms with Gasteiger partial charge in [0.2, 0.25) is 0 Å². The summed E-state index contributed by atoms with van der Waals surface area (Å²) in [6, 6.07) is 6.63. The summed E-state index contributed by atoms with van der Waals surface area (Å²) in [7, 11) is 0. The zero-order valence-corrected chi connectivity index (χ0v) is 10.9. The summed E-state index contributed by atoms with van der Waals surface area (Å²) in [6.45, 7) is 0.519. The predicted molar refractivity (Wildman–Crippen MR) is 74.5 cm³/mol. The maximum absolute atomic E-state index is 10.7. The molecule has 20 heavy (non-hydrogen) atoms. The number of nitro groups is 1. The van der Waals surface area contributed by atoms with Crippen molar-refractivity contribution >= 4 is 11.5 Å². The van der Waals surface area contributed by atoms with Crippen LogP contribution in [-0.4, -0.2) is 14.9 Å². The quantitative estimate of drug-likeness (QED) is 0.682. The molecule has 0 fully saturated rings. The number of benzene rings is 1.